The van der Waals surface area contributed by atoms with E-state index in [4.69, 9.17) is 4.74 Å². The van der Waals surface area contributed by atoms with Gasteiger partial charge in [-0.1, -0.05) is 0 Å². The van der Waals surface area contributed by atoms with Gasteiger partial charge in [-0.05, 0) is 45.2 Å². The molecule has 0 aromatic heterocycles. The van der Waals surface area contributed by atoms with Gasteiger partial charge in [0.1, 0.15) is 0 Å². The number of nitrogens with zero attached hydrogens (tertiary/aromatic N) is 4. The molecule has 4 saturated heterocycles. The molecule has 0 aliphatic carbocycles. The summed E-state index contributed by atoms with van der Waals surface area (Å²) in [5.41, 5.74) is 0. The van der Waals surface area contributed by atoms with Crippen LogP contribution in [0.15, 0.2) is 0 Å². The molecule has 0 radical (unpaired) electrons. The molecule has 5 nitrogen and oxygen atoms in total. The van der Waals surface area contributed by atoms with Crippen LogP contribution in [0, 0.1) is 0 Å². The van der Waals surface area contributed by atoms with Crippen molar-refractivity contribution in [1.29, 1.82) is 0 Å². The Morgan fingerprint density at radius 2 is 1.57 bits per heavy atom. The largest absolute Gasteiger partial charge is 0.379 e. The predicted octanol–water partition coefficient (Wildman–Crippen LogP) is 1.52. The van der Waals surface area contributed by atoms with Gasteiger partial charge in [0.25, 0.3) is 0 Å². The van der Waals surface area contributed by atoms with E-state index in [-0.39, 0.29) is 0 Å². The number of hydrogen-bond acceptors (Lipinski definition) is 6. The molecule has 2 atom stereocenters. The van der Waals surface area contributed by atoms with Crippen molar-refractivity contribution in [3.05, 3.63) is 0 Å². The van der Waals surface area contributed by atoms with Crippen molar-refractivity contribution < 1.29 is 4.74 Å². The second-order valence-electron chi connectivity index (χ2n) is 7.24. The van der Waals surface area contributed by atoms with Crippen LogP contribution in [-0.2, 0) is 4.74 Å². The molecule has 4 rings (SSSR count). The summed E-state index contributed by atoms with van der Waals surface area (Å²) in [5.74, 6) is 2.54. The predicted molar refractivity (Wildman–Crippen MR) is 95.4 cm³/mol. The molecule has 0 N–H and O–H groups in total. The molecule has 4 heterocycles. The molecule has 132 valence electrons. The van der Waals surface area contributed by atoms with Gasteiger partial charge in [-0.2, -0.15) is 11.8 Å². The zero-order valence-electron chi connectivity index (χ0n) is 14.4. The monoisotopic (exact) mass is 340 g/mol. The van der Waals surface area contributed by atoms with Gasteiger partial charge < -0.3 is 4.74 Å². The molecular weight excluding hydrogens is 308 g/mol. The van der Waals surface area contributed by atoms with Crippen LogP contribution in [0.3, 0.4) is 0 Å². The van der Waals surface area contributed by atoms with E-state index in [1.165, 1.54) is 69.8 Å². The van der Waals surface area contributed by atoms with E-state index >= 15 is 0 Å². The Morgan fingerprint density at radius 1 is 0.783 bits per heavy atom. The van der Waals surface area contributed by atoms with Crippen molar-refractivity contribution in [3.63, 3.8) is 0 Å². The Labute approximate surface area is 145 Å². The first-order valence-corrected chi connectivity index (χ1v) is 10.8. The van der Waals surface area contributed by atoms with Crippen LogP contribution < -0.4 is 0 Å². The van der Waals surface area contributed by atoms with Gasteiger partial charge in [-0.3, -0.25) is 9.80 Å². The first-order chi connectivity index (χ1) is 11.4. The molecule has 4 fully saturated rings. The molecule has 0 spiro atoms. The molecule has 6 heteroatoms. The smallest absolute Gasteiger partial charge is 0.0864 e. The van der Waals surface area contributed by atoms with E-state index in [0.717, 1.165) is 26.3 Å². The minimum atomic E-state index is 0.595. The van der Waals surface area contributed by atoms with Crippen molar-refractivity contribution in [2.75, 3.05) is 64.0 Å². The topological polar surface area (TPSA) is 22.2 Å². The van der Waals surface area contributed by atoms with Crippen molar-refractivity contribution >= 4 is 11.8 Å². The van der Waals surface area contributed by atoms with Gasteiger partial charge in [0, 0.05) is 37.7 Å². The number of hydrazine groups is 1. The number of thioether (sulfide) groups is 1. The molecule has 0 aromatic rings. The van der Waals surface area contributed by atoms with E-state index in [2.05, 4.69) is 31.6 Å². The number of morpholine rings is 1. The zero-order chi connectivity index (χ0) is 15.5. The summed E-state index contributed by atoms with van der Waals surface area (Å²) in [7, 11) is 0. The molecule has 0 saturated carbocycles. The lowest BCUT2D eigenvalue weighted by molar-refractivity contribution is -0.163. The number of piperidine rings is 1. The second-order valence-corrected chi connectivity index (χ2v) is 8.39. The number of ether oxygens (including phenoxy) is 1. The highest BCUT2D eigenvalue weighted by Crippen LogP contribution is 2.30. The van der Waals surface area contributed by atoms with Crippen LogP contribution in [-0.4, -0.2) is 96.1 Å². The molecule has 4 aliphatic rings. The average Bonchev–Trinajstić information content (AvgIpc) is 3.17. The Balaban J connectivity index is 1.49. The standard InChI is InChI=1S/C17H32N4OS/c1-2-8-20(16(5-1)18-6-3-4-7-18)17-15-23-14-11-21(17)19-9-12-22-13-10-19/h16-17H,1-15H2. The van der Waals surface area contributed by atoms with E-state index < -0.39 is 0 Å². The van der Waals surface area contributed by atoms with Crippen LogP contribution in [0.5, 0.6) is 0 Å². The van der Waals surface area contributed by atoms with Crippen molar-refractivity contribution in [3.8, 4) is 0 Å². The van der Waals surface area contributed by atoms with Gasteiger partial charge in [0.2, 0.25) is 0 Å². The molecule has 4 aliphatic heterocycles. The third-order valence-electron chi connectivity index (χ3n) is 5.88. The Kier molecular flexibility index (Phi) is 5.79. The highest BCUT2D eigenvalue weighted by molar-refractivity contribution is 7.99. The minimum Gasteiger partial charge on any atom is -0.379 e. The quantitative estimate of drug-likeness (QED) is 0.771. The third-order valence-corrected chi connectivity index (χ3v) is 6.89. The van der Waals surface area contributed by atoms with E-state index in [1.807, 2.05) is 0 Å². The van der Waals surface area contributed by atoms with E-state index in [0.29, 0.717) is 12.3 Å². The zero-order valence-corrected chi connectivity index (χ0v) is 15.2. The Bertz CT molecular complexity index is 374. The summed E-state index contributed by atoms with van der Waals surface area (Å²) >= 11 is 2.15. The van der Waals surface area contributed by atoms with Crippen LogP contribution in [0.2, 0.25) is 0 Å². The molecule has 0 bridgehead atoms. The van der Waals surface area contributed by atoms with Crippen LogP contribution >= 0.6 is 11.8 Å². The summed E-state index contributed by atoms with van der Waals surface area (Å²) in [4.78, 5) is 5.63. The van der Waals surface area contributed by atoms with Gasteiger partial charge >= 0.3 is 0 Å². The molecule has 2 unspecified atom stereocenters. The van der Waals surface area contributed by atoms with Gasteiger partial charge in [0.05, 0.1) is 25.5 Å². The maximum atomic E-state index is 5.58. The highest BCUT2D eigenvalue weighted by Gasteiger charge is 2.39. The van der Waals surface area contributed by atoms with Crippen molar-refractivity contribution in [2.45, 2.75) is 44.4 Å². The third kappa shape index (κ3) is 3.72. The fourth-order valence-electron chi connectivity index (χ4n) is 4.71. The fraction of sp³-hybridized carbons (Fsp3) is 1.00. The van der Waals surface area contributed by atoms with E-state index in [1.54, 1.807) is 0 Å². The summed E-state index contributed by atoms with van der Waals surface area (Å²) in [5, 5.41) is 5.29. The minimum absolute atomic E-state index is 0.595. The molecular formula is C17H32N4OS. The first kappa shape index (κ1) is 16.6. The number of rotatable bonds is 3. The lowest BCUT2D eigenvalue weighted by Gasteiger charge is -2.52. The second kappa shape index (κ2) is 8.02. The molecule has 0 amide bonds. The van der Waals surface area contributed by atoms with Crippen LogP contribution in [0.1, 0.15) is 32.1 Å². The van der Waals surface area contributed by atoms with E-state index in [9.17, 15) is 0 Å². The SMILES string of the molecule is C1CCN(C2CSCCN2N2CCOCC2)C(N2CCCC2)C1. The van der Waals surface area contributed by atoms with Crippen LogP contribution in [0.25, 0.3) is 0 Å². The first-order valence-electron chi connectivity index (χ1n) is 9.60. The lowest BCUT2D eigenvalue weighted by Crippen LogP contribution is -2.66. The summed E-state index contributed by atoms with van der Waals surface area (Å²) in [6.45, 7) is 9.06. The maximum absolute atomic E-state index is 5.58. The Hall–Kier alpha value is 0.150. The van der Waals surface area contributed by atoms with Gasteiger partial charge in [-0.15, -0.1) is 0 Å². The average molecular weight is 341 g/mol. The summed E-state index contributed by atoms with van der Waals surface area (Å²) < 4.78 is 5.58. The lowest BCUT2D eigenvalue weighted by atomic mass is 10.1. The van der Waals surface area contributed by atoms with Crippen molar-refractivity contribution in [1.82, 2.24) is 19.8 Å². The molecule has 0 aromatic carbocycles. The summed E-state index contributed by atoms with van der Waals surface area (Å²) in [6.07, 6.45) is 8.25. The number of hydrogen-bond donors (Lipinski definition) is 0. The van der Waals surface area contributed by atoms with Gasteiger partial charge in [-0.25, -0.2) is 10.0 Å². The van der Waals surface area contributed by atoms with Gasteiger partial charge in [0.15, 0.2) is 0 Å². The normalized spacial score (nSPS) is 36.5. The van der Waals surface area contributed by atoms with Crippen molar-refractivity contribution in [2.24, 2.45) is 0 Å². The molecule has 23 heavy (non-hydrogen) atoms. The summed E-state index contributed by atoms with van der Waals surface area (Å²) in [6, 6.07) is 0. The fourth-order valence-corrected chi connectivity index (χ4v) is 5.76. The van der Waals surface area contributed by atoms with Crippen LogP contribution in [0.4, 0.5) is 0 Å². The number of likely N-dealkylation sites (tertiary alicyclic amines) is 2. The Morgan fingerprint density at radius 3 is 2.39 bits per heavy atom. The highest BCUT2D eigenvalue weighted by atomic mass is 32.2. The maximum Gasteiger partial charge on any atom is 0.0864 e.